The van der Waals surface area contributed by atoms with Crippen molar-refractivity contribution < 1.29 is 27.4 Å². The fourth-order valence-electron chi connectivity index (χ4n) is 2.85. The molecule has 2 aliphatic heterocycles. The first-order valence-electron chi connectivity index (χ1n) is 7.67. The average Bonchev–Trinajstić information content (AvgIpc) is 2.95. The minimum absolute atomic E-state index is 0.0514. The number of benzene rings is 1. The molecule has 0 unspecified atom stereocenters. The normalized spacial score (nSPS) is 23.2. The van der Waals surface area contributed by atoms with Gasteiger partial charge in [-0.2, -0.15) is 18.4 Å². The molecule has 0 aromatic heterocycles. The van der Waals surface area contributed by atoms with Crippen LogP contribution in [-0.2, 0) is 20.4 Å². The van der Waals surface area contributed by atoms with Crippen molar-refractivity contribution >= 4 is 5.69 Å². The molecule has 24 heavy (non-hydrogen) atoms. The van der Waals surface area contributed by atoms with Gasteiger partial charge in [-0.15, -0.1) is 0 Å². The van der Waals surface area contributed by atoms with E-state index in [0.717, 1.165) is 12.1 Å². The number of nitrogens with one attached hydrogen (secondary N) is 1. The molecular formula is C16H17F3N2O3. The van der Waals surface area contributed by atoms with Gasteiger partial charge in [-0.05, 0) is 18.2 Å². The highest BCUT2D eigenvalue weighted by Gasteiger charge is 2.42. The van der Waals surface area contributed by atoms with Crippen molar-refractivity contribution in [1.82, 2.24) is 0 Å². The summed E-state index contributed by atoms with van der Waals surface area (Å²) < 4.78 is 55.0. The number of anilines is 1. The summed E-state index contributed by atoms with van der Waals surface area (Å²) in [5.41, 5.74) is -0.544. The molecule has 1 atom stereocenters. The van der Waals surface area contributed by atoms with Crippen molar-refractivity contribution in [3.8, 4) is 6.07 Å². The maximum absolute atomic E-state index is 12.7. The number of halogens is 3. The second-order valence-corrected chi connectivity index (χ2v) is 5.82. The first kappa shape index (κ1) is 17.0. The van der Waals surface area contributed by atoms with Crippen molar-refractivity contribution in [2.45, 2.75) is 30.9 Å². The first-order chi connectivity index (χ1) is 11.4. The van der Waals surface area contributed by atoms with Gasteiger partial charge in [-0.3, -0.25) is 0 Å². The van der Waals surface area contributed by atoms with Crippen LogP contribution in [0.3, 0.4) is 0 Å². The fraction of sp³-hybridized carbons (Fsp3) is 0.562. The highest BCUT2D eigenvalue weighted by atomic mass is 19.4. The maximum atomic E-state index is 12.7. The summed E-state index contributed by atoms with van der Waals surface area (Å²) >= 11 is 0. The number of hydrogen-bond donors (Lipinski definition) is 1. The Morgan fingerprint density at radius 1 is 1.29 bits per heavy atom. The van der Waals surface area contributed by atoms with Gasteiger partial charge in [0.1, 0.15) is 12.2 Å². The second kappa shape index (κ2) is 6.59. The van der Waals surface area contributed by atoms with E-state index in [1.54, 1.807) is 6.07 Å². The van der Waals surface area contributed by atoms with Crippen LogP contribution in [0, 0.1) is 11.3 Å². The van der Waals surface area contributed by atoms with Gasteiger partial charge in [-0.25, -0.2) is 0 Å². The molecule has 2 saturated heterocycles. The van der Waals surface area contributed by atoms with Gasteiger partial charge in [0.2, 0.25) is 0 Å². The van der Waals surface area contributed by atoms with E-state index in [2.05, 4.69) is 5.32 Å². The molecule has 1 N–H and O–H groups in total. The van der Waals surface area contributed by atoms with E-state index in [-0.39, 0.29) is 11.7 Å². The molecule has 0 aliphatic carbocycles. The van der Waals surface area contributed by atoms with Gasteiger partial charge in [0, 0.05) is 19.4 Å². The van der Waals surface area contributed by atoms with Crippen molar-refractivity contribution in [1.29, 1.82) is 5.26 Å². The Kier molecular flexibility index (Phi) is 4.67. The van der Waals surface area contributed by atoms with E-state index in [9.17, 15) is 13.2 Å². The quantitative estimate of drug-likeness (QED) is 0.915. The molecule has 0 radical (unpaired) electrons. The van der Waals surface area contributed by atoms with Crippen molar-refractivity contribution in [2.75, 3.05) is 31.7 Å². The van der Waals surface area contributed by atoms with Crippen LogP contribution in [-0.4, -0.2) is 38.3 Å². The van der Waals surface area contributed by atoms with Gasteiger partial charge < -0.3 is 19.5 Å². The molecule has 1 aromatic rings. The molecule has 3 rings (SSSR count). The lowest BCUT2D eigenvalue weighted by Crippen LogP contribution is -2.38. The van der Waals surface area contributed by atoms with Crippen LogP contribution in [0.25, 0.3) is 0 Å². The number of nitriles is 1. The van der Waals surface area contributed by atoms with E-state index in [1.807, 2.05) is 0 Å². The Labute approximate surface area is 137 Å². The van der Waals surface area contributed by atoms with E-state index in [1.165, 1.54) is 6.07 Å². The molecule has 1 spiro atoms. The predicted octanol–water partition coefficient (Wildman–Crippen LogP) is 2.91. The molecule has 1 aromatic carbocycles. The van der Waals surface area contributed by atoms with E-state index in [4.69, 9.17) is 19.5 Å². The molecule has 2 aliphatic rings. The molecule has 0 saturated carbocycles. The standard InChI is InChI=1S/C16H17F3N2O3/c17-16(18,19)12-1-2-14(11(7-12)8-20)21-9-13-10-23-15(24-13)3-5-22-6-4-15/h1-2,7,13,21H,3-6,9-10H2/t13-/m0/s1. The number of hydrogen-bond acceptors (Lipinski definition) is 5. The number of nitrogens with zero attached hydrogens (tertiary/aromatic N) is 1. The highest BCUT2D eigenvalue weighted by molar-refractivity contribution is 5.59. The molecule has 2 heterocycles. The third-order valence-electron chi connectivity index (χ3n) is 4.16. The first-order valence-corrected chi connectivity index (χ1v) is 7.67. The lowest BCUT2D eigenvalue weighted by atomic mass is 10.1. The SMILES string of the molecule is N#Cc1cc(C(F)(F)F)ccc1NC[C@H]1COC2(CCOCC2)O1. The highest BCUT2D eigenvalue weighted by Crippen LogP contribution is 2.34. The second-order valence-electron chi connectivity index (χ2n) is 5.82. The monoisotopic (exact) mass is 342 g/mol. The van der Waals surface area contributed by atoms with Gasteiger partial charge >= 0.3 is 6.18 Å². The predicted molar refractivity (Wildman–Crippen MR) is 78.3 cm³/mol. The zero-order chi connectivity index (χ0) is 17.2. The number of rotatable bonds is 3. The van der Waals surface area contributed by atoms with E-state index in [0.29, 0.717) is 44.9 Å². The van der Waals surface area contributed by atoms with Gasteiger partial charge in [0.25, 0.3) is 0 Å². The molecule has 8 heteroatoms. The third kappa shape index (κ3) is 3.64. The molecule has 0 bridgehead atoms. The Morgan fingerprint density at radius 2 is 2.04 bits per heavy atom. The summed E-state index contributed by atoms with van der Waals surface area (Å²) in [6.07, 6.45) is -3.38. The fourth-order valence-corrected chi connectivity index (χ4v) is 2.85. The Balaban J connectivity index is 1.62. The van der Waals surface area contributed by atoms with Gasteiger partial charge in [-0.1, -0.05) is 0 Å². The third-order valence-corrected chi connectivity index (χ3v) is 4.16. The Morgan fingerprint density at radius 3 is 2.71 bits per heavy atom. The molecular weight excluding hydrogens is 325 g/mol. The summed E-state index contributed by atoms with van der Waals surface area (Å²) in [5.74, 6) is -0.608. The minimum atomic E-state index is -4.47. The number of alkyl halides is 3. The van der Waals surface area contributed by atoms with Crippen LogP contribution in [0.1, 0.15) is 24.0 Å². The minimum Gasteiger partial charge on any atom is -0.381 e. The summed E-state index contributed by atoms with van der Waals surface area (Å²) in [6.45, 7) is 1.91. The van der Waals surface area contributed by atoms with Crippen LogP contribution in [0.2, 0.25) is 0 Å². The molecule has 130 valence electrons. The van der Waals surface area contributed by atoms with Crippen molar-refractivity contribution in [2.24, 2.45) is 0 Å². The van der Waals surface area contributed by atoms with Crippen molar-refractivity contribution in [3.63, 3.8) is 0 Å². The lowest BCUT2D eigenvalue weighted by Gasteiger charge is -2.31. The smallest absolute Gasteiger partial charge is 0.381 e. The Bertz CT molecular complexity index is 636. The summed E-state index contributed by atoms with van der Waals surface area (Å²) in [6, 6.07) is 4.85. The molecule has 5 nitrogen and oxygen atoms in total. The lowest BCUT2D eigenvalue weighted by molar-refractivity contribution is -0.209. The van der Waals surface area contributed by atoms with Crippen LogP contribution >= 0.6 is 0 Å². The van der Waals surface area contributed by atoms with E-state index >= 15 is 0 Å². The molecule has 0 amide bonds. The summed E-state index contributed by atoms with van der Waals surface area (Å²) in [5, 5.41) is 12.1. The van der Waals surface area contributed by atoms with Crippen LogP contribution < -0.4 is 5.32 Å². The van der Waals surface area contributed by atoms with Gasteiger partial charge in [0.05, 0.1) is 36.6 Å². The number of ether oxygens (including phenoxy) is 3. The van der Waals surface area contributed by atoms with Crippen LogP contribution in [0.4, 0.5) is 18.9 Å². The van der Waals surface area contributed by atoms with E-state index < -0.39 is 17.5 Å². The largest absolute Gasteiger partial charge is 0.416 e. The summed E-state index contributed by atoms with van der Waals surface area (Å²) in [4.78, 5) is 0. The van der Waals surface area contributed by atoms with Crippen molar-refractivity contribution in [3.05, 3.63) is 29.3 Å². The zero-order valence-corrected chi connectivity index (χ0v) is 12.9. The Hall–Kier alpha value is -1.82. The van der Waals surface area contributed by atoms with Gasteiger partial charge in [0.15, 0.2) is 5.79 Å². The van der Waals surface area contributed by atoms with Crippen LogP contribution in [0.15, 0.2) is 18.2 Å². The zero-order valence-electron chi connectivity index (χ0n) is 12.9. The average molecular weight is 342 g/mol. The maximum Gasteiger partial charge on any atom is 0.416 e. The van der Waals surface area contributed by atoms with Crippen LogP contribution in [0.5, 0.6) is 0 Å². The summed E-state index contributed by atoms with van der Waals surface area (Å²) in [7, 11) is 0. The topological polar surface area (TPSA) is 63.5 Å². The molecule has 2 fully saturated rings.